The van der Waals surface area contributed by atoms with Gasteiger partial charge in [0.1, 0.15) is 17.9 Å². The number of aryl methyl sites for hydroxylation is 2. The predicted octanol–water partition coefficient (Wildman–Crippen LogP) is 8.02. The highest BCUT2D eigenvalue weighted by atomic mass is 32.1. The Morgan fingerprint density at radius 3 is 2.49 bits per heavy atom. The Morgan fingerprint density at radius 1 is 0.977 bits per heavy atom. The summed E-state index contributed by atoms with van der Waals surface area (Å²) in [4.78, 5) is 33.9. The molecule has 212 valence electrons. The Kier molecular flexibility index (Phi) is 6.55. The molecule has 0 spiro atoms. The number of furan rings is 1. The van der Waals surface area contributed by atoms with Crippen molar-refractivity contribution in [1.29, 1.82) is 0 Å². The van der Waals surface area contributed by atoms with E-state index in [2.05, 4.69) is 0 Å². The molecule has 0 saturated heterocycles. The van der Waals surface area contributed by atoms with Gasteiger partial charge in [0.2, 0.25) is 5.78 Å². The van der Waals surface area contributed by atoms with Crippen molar-refractivity contribution < 1.29 is 23.8 Å². The van der Waals surface area contributed by atoms with Crippen LogP contribution in [0.3, 0.4) is 0 Å². The number of aliphatic hydroxyl groups is 1. The third kappa shape index (κ3) is 4.75. The Bertz CT molecular complexity index is 2020. The lowest BCUT2D eigenvalue weighted by atomic mass is 9.95. The van der Waals surface area contributed by atoms with Crippen molar-refractivity contribution in [3.05, 3.63) is 136 Å². The molecule has 2 aromatic heterocycles. The fourth-order valence-electron chi connectivity index (χ4n) is 5.53. The average Bonchev–Trinajstić information content (AvgIpc) is 3.71. The molecule has 0 fully saturated rings. The zero-order chi connectivity index (χ0) is 29.7. The summed E-state index contributed by atoms with van der Waals surface area (Å²) in [5, 5.41) is 12.4. The van der Waals surface area contributed by atoms with E-state index in [4.69, 9.17) is 14.1 Å². The SMILES string of the molecule is Cc1cc(C)c2nc(N3C(=O)C(O)=C(C(=O)c4cc5ccccc5o4)[C@@H]3c3ccc(OCc4ccccc4)cc3)sc2c1. The molecule has 0 unspecified atom stereocenters. The van der Waals surface area contributed by atoms with Crippen LogP contribution in [0.15, 0.2) is 113 Å². The van der Waals surface area contributed by atoms with Crippen LogP contribution in [-0.2, 0) is 11.4 Å². The van der Waals surface area contributed by atoms with E-state index in [1.54, 1.807) is 36.4 Å². The largest absolute Gasteiger partial charge is 0.503 e. The number of anilines is 1. The van der Waals surface area contributed by atoms with Gasteiger partial charge in [0.25, 0.3) is 5.91 Å². The number of benzene rings is 4. The van der Waals surface area contributed by atoms with Crippen LogP contribution in [0.25, 0.3) is 21.2 Å². The maximum atomic E-state index is 14.0. The molecule has 1 aliphatic rings. The number of amides is 1. The van der Waals surface area contributed by atoms with Crippen molar-refractivity contribution in [3.8, 4) is 5.75 Å². The van der Waals surface area contributed by atoms with E-state index in [1.165, 1.54) is 16.2 Å². The molecule has 8 heteroatoms. The molecular weight excluding hydrogens is 560 g/mol. The number of Topliss-reactive ketones (excluding diaryl/α,β-unsaturated/α-hetero) is 1. The first-order valence-electron chi connectivity index (χ1n) is 13.8. The maximum Gasteiger partial charge on any atom is 0.296 e. The Hall–Kier alpha value is -5.21. The quantitative estimate of drug-likeness (QED) is 0.190. The molecule has 1 aliphatic heterocycles. The number of hydrogen-bond acceptors (Lipinski definition) is 7. The number of ether oxygens (including phenoxy) is 1. The highest BCUT2D eigenvalue weighted by molar-refractivity contribution is 7.22. The van der Waals surface area contributed by atoms with Crippen LogP contribution in [0.4, 0.5) is 5.13 Å². The number of carbonyl (C=O) groups excluding carboxylic acids is 2. The summed E-state index contributed by atoms with van der Waals surface area (Å²) in [5.74, 6) is -1.20. The number of carbonyl (C=O) groups is 2. The molecule has 0 bridgehead atoms. The summed E-state index contributed by atoms with van der Waals surface area (Å²) < 4.78 is 12.8. The van der Waals surface area contributed by atoms with Crippen LogP contribution >= 0.6 is 11.3 Å². The van der Waals surface area contributed by atoms with Gasteiger partial charge in [-0.05, 0) is 66.4 Å². The van der Waals surface area contributed by atoms with Crippen LogP contribution in [0.1, 0.15) is 38.9 Å². The molecule has 7 rings (SSSR count). The number of aliphatic hydroxyl groups excluding tert-OH is 1. The molecule has 3 heterocycles. The number of fused-ring (bicyclic) bond motifs is 2. The molecule has 4 aromatic carbocycles. The van der Waals surface area contributed by atoms with Crippen LogP contribution in [0, 0.1) is 13.8 Å². The van der Waals surface area contributed by atoms with Crippen LogP contribution < -0.4 is 9.64 Å². The number of rotatable bonds is 7. The van der Waals surface area contributed by atoms with Crippen molar-refractivity contribution in [3.63, 3.8) is 0 Å². The van der Waals surface area contributed by atoms with Gasteiger partial charge in [-0.2, -0.15) is 0 Å². The van der Waals surface area contributed by atoms with Gasteiger partial charge in [0.15, 0.2) is 16.7 Å². The molecule has 1 amide bonds. The zero-order valence-electron chi connectivity index (χ0n) is 23.4. The summed E-state index contributed by atoms with van der Waals surface area (Å²) in [6, 6.07) is 29.1. The minimum atomic E-state index is -0.932. The summed E-state index contributed by atoms with van der Waals surface area (Å²) in [7, 11) is 0. The molecular formula is C35H26N2O5S. The van der Waals surface area contributed by atoms with E-state index in [-0.39, 0.29) is 11.3 Å². The van der Waals surface area contributed by atoms with Crippen LogP contribution in [0.2, 0.25) is 0 Å². The van der Waals surface area contributed by atoms with Gasteiger partial charge in [-0.25, -0.2) is 4.98 Å². The van der Waals surface area contributed by atoms with Gasteiger partial charge in [-0.3, -0.25) is 14.5 Å². The predicted molar refractivity (Wildman–Crippen MR) is 167 cm³/mol. The minimum Gasteiger partial charge on any atom is -0.503 e. The zero-order valence-corrected chi connectivity index (χ0v) is 24.2. The average molecular weight is 587 g/mol. The Balaban J connectivity index is 1.30. The standard InChI is InChI=1S/C35H26N2O5S/c1-20-16-21(2)30-28(17-20)43-35(36-30)37-31(23-12-14-25(15-13-23)41-19-22-8-4-3-5-9-22)29(33(39)34(37)40)32(38)27-18-24-10-6-7-11-26(24)42-27/h3-18,31,39H,19H2,1-2H3/t31-/m0/s1. The fraction of sp³-hybridized carbons (Fsp3) is 0.114. The third-order valence-electron chi connectivity index (χ3n) is 7.57. The molecule has 0 saturated carbocycles. The number of thiazole rings is 1. The number of aromatic nitrogens is 1. The molecule has 0 aliphatic carbocycles. The second-order valence-corrected chi connectivity index (χ2v) is 11.6. The molecule has 1 atom stereocenters. The van der Waals surface area contributed by atoms with E-state index in [1.807, 2.05) is 74.5 Å². The highest BCUT2D eigenvalue weighted by Gasteiger charge is 2.46. The Morgan fingerprint density at radius 2 is 1.72 bits per heavy atom. The van der Waals surface area contributed by atoms with E-state index in [0.717, 1.165) is 32.3 Å². The maximum absolute atomic E-state index is 14.0. The summed E-state index contributed by atoms with van der Waals surface area (Å²) in [6.45, 7) is 4.38. The lowest BCUT2D eigenvalue weighted by molar-refractivity contribution is -0.117. The number of para-hydroxylation sites is 1. The second-order valence-electron chi connectivity index (χ2n) is 10.6. The first-order valence-corrected chi connectivity index (χ1v) is 14.6. The lowest BCUT2D eigenvalue weighted by Gasteiger charge is -2.24. The molecule has 6 aromatic rings. The highest BCUT2D eigenvalue weighted by Crippen LogP contribution is 2.45. The third-order valence-corrected chi connectivity index (χ3v) is 8.57. The number of ketones is 1. The first-order chi connectivity index (χ1) is 20.9. The fourth-order valence-corrected chi connectivity index (χ4v) is 6.69. The van der Waals surface area contributed by atoms with Gasteiger partial charge < -0.3 is 14.3 Å². The topological polar surface area (TPSA) is 92.9 Å². The summed E-state index contributed by atoms with van der Waals surface area (Å²) >= 11 is 1.35. The van der Waals surface area contributed by atoms with Gasteiger partial charge in [-0.1, -0.05) is 78.1 Å². The van der Waals surface area contributed by atoms with Crippen molar-refractivity contribution in [1.82, 2.24) is 4.98 Å². The first kappa shape index (κ1) is 26.7. The van der Waals surface area contributed by atoms with Gasteiger partial charge in [-0.15, -0.1) is 0 Å². The van der Waals surface area contributed by atoms with Crippen molar-refractivity contribution in [2.75, 3.05) is 4.90 Å². The smallest absolute Gasteiger partial charge is 0.296 e. The van der Waals surface area contributed by atoms with Crippen molar-refractivity contribution in [2.45, 2.75) is 26.5 Å². The van der Waals surface area contributed by atoms with E-state index >= 15 is 0 Å². The molecule has 7 nitrogen and oxygen atoms in total. The Labute approximate surface area is 251 Å². The number of hydrogen-bond donors (Lipinski definition) is 1. The molecule has 0 radical (unpaired) electrons. The van der Waals surface area contributed by atoms with Crippen molar-refractivity contribution in [2.24, 2.45) is 0 Å². The van der Waals surface area contributed by atoms with Crippen molar-refractivity contribution >= 4 is 49.3 Å². The van der Waals surface area contributed by atoms with Gasteiger partial charge in [0.05, 0.1) is 21.8 Å². The van der Waals surface area contributed by atoms with E-state index in [0.29, 0.717) is 28.6 Å². The molecule has 1 N–H and O–H groups in total. The van der Waals surface area contributed by atoms with E-state index < -0.39 is 23.5 Å². The number of nitrogens with zero attached hydrogens (tertiary/aromatic N) is 2. The summed E-state index contributed by atoms with van der Waals surface area (Å²) in [6.07, 6.45) is 0. The minimum absolute atomic E-state index is 0.0426. The normalized spacial score (nSPS) is 15.2. The van der Waals surface area contributed by atoms with E-state index in [9.17, 15) is 14.7 Å². The summed E-state index contributed by atoms with van der Waals surface area (Å²) in [5.41, 5.74) is 4.98. The van der Waals surface area contributed by atoms with Crippen LogP contribution in [-0.4, -0.2) is 21.8 Å². The second kappa shape index (κ2) is 10.6. The van der Waals surface area contributed by atoms with Gasteiger partial charge >= 0.3 is 0 Å². The monoisotopic (exact) mass is 586 g/mol. The van der Waals surface area contributed by atoms with Gasteiger partial charge in [0, 0.05) is 5.39 Å². The van der Waals surface area contributed by atoms with Crippen LogP contribution in [0.5, 0.6) is 5.75 Å². The molecule has 43 heavy (non-hydrogen) atoms. The lowest BCUT2D eigenvalue weighted by Crippen LogP contribution is -2.30.